The van der Waals surface area contributed by atoms with Gasteiger partial charge >= 0.3 is 5.97 Å². The summed E-state index contributed by atoms with van der Waals surface area (Å²) in [5.74, 6) is -0.878. The fraction of sp³-hybridized carbons (Fsp3) is 0.462. The largest absolute Gasteiger partial charge is 0.465 e. The Morgan fingerprint density at radius 2 is 2.05 bits per heavy atom. The maximum atomic E-state index is 12.8. The molecule has 1 saturated heterocycles. The predicted octanol–water partition coefficient (Wildman–Crippen LogP) is 0.000800. The van der Waals surface area contributed by atoms with Crippen molar-refractivity contribution in [3.05, 3.63) is 35.6 Å². The number of esters is 1. The summed E-state index contributed by atoms with van der Waals surface area (Å²) in [5, 5.41) is -0.942. The fourth-order valence-electron chi connectivity index (χ4n) is 2.01. The van der Waals surface area contributed by atoms with Crippen molar-refractivity contribution in [2.24, 2.45) is 0 Å². The van der Waals surface area contributed by atoms with Gasteiger partial charge in [0.2, 0.25) is 10.0 Å². The number of hydrogen-bond acceptors (Lipinski definition) is 6. The molecule has 1 aromatic carbocycles. The van der Waals surface area contributed by atoms with Crippen LogP contribution in [0.5, 0.6) is 0 Å². The summed E-state index contributed by atoms with van der Waals surface area (Å²) < 4.78 is 44.4. The van der Waals surface area contributed by atoms with E-state index in [1.54, 1.807) is 6.92 Å². The smallest absolute Gasteiger partial charge is 0.324 e. The minimum absolute atomic E-state index is 0.0465. The molecule has 1 aromatic rings. The van der Waals surface area contributed by atoms with E-state index >= 15 is 0 Å². The molecule has 1 heterocycles. The number of nitrogens with one attached hydrogen (secondary N) is 3. The molecule has 0 radical (unpaired) electrons. The van der Waals surface area contributed by atoms with Crippen molar-refractivity contribution in [3.63, 3.8) is 0 Å². The van der Waals surface area contributed by atoms with Crippen LogP contribution in [-0.2, 0) is 26.1 Å². The van der Waals surface area contributed by atoms with E-state index in [0.717, 1.165) is 0 Å². The van der Waals surface area contributed by atoms with Crippen molar-refractivity contribution in [1.82, 2.24) is 15.6 Å². The van der Waals surface area contributed by atoms with Crippen molar-refractivity contribution in [2.75, 3.05) is 6.61 Å². The number of ether oxygens (including phenoxy) is 1. The van der Waals surface area contributed by atoms with Gasteiger partial charge in [-0.05, 0) is 24.6 Å². The quantitative estimate of drug-likeness (QED) is 0.635. The minimum Gasteiger partial charge on any atom is -0.465 e. The van der Waals surface area contributed by atoms with Gasteiger partial charge in [0.05, 0.1) is 6.61 Å². The molecule has 2 unspecified atom stereocenters. The van der Waals surface area contributed by atoms with Gasteiger partial charge in [-0.25, -0.2) is 28.4 Å². The number of benzene rings is 1. The van der Waals surface area contributed by atoms with E-state index in [-0.39, 0.29) is 25.4 Å². The molecule has 0 saturated carbocycles. The van der Waals surface area contributed by atoms with E-state index < -0.39 is 27.4 Å². The lowest BCUT2D eigenvalue weighted by molar-refractivity contribution is -0.145. The molecule has 9 heteroatoms. The summed E-state index contributed by atoms with van der Waals surface area (Å²) in [6, 6.07) is 4.82. The van der Waals surface area contributed by atoms with Crippen LogP contribution in [0.2, 0.25) is 0 Å². The molecule has 0 bridgehead atoms. The van der Waals surface area contributed by atoms with E-state index in [1.165, 1.54) is 24.3 Å². The third kappa shape index (κ3) is 4.23. The highest BCUT2D eigenvalue weighted by Gasteiger charge is 2.37. The van der Waals surface area contributed by atoms with Crippen LogP contribution in [-0.4, -0.2) is 32.4 Å². The Bertz CT molecular complexity index is 621. The Hall–Kier alpha value is -1.55. The van der Waals surface area contributed by atoms with Gasteiger partial charge in [0.1, 0.15) is 17.2 Å². The van der Waals surface area contributed by atoms with Gasteiger partial charge in [0.25, 0.3) is 0 Å². The first-order valence-corrected chi connectivity index (χ1v) is 8.37. The lowest BCUT2D eigenvalue weighted by Gasteiger charge is -2.12. The highest BCUT2D eigenvalue weighted by Crippen LogP contribution is 2.12. The van der Waals surface area contributed by atoms with Crippen LogP contribution >= 0.6 is 0 Å². The van der Waals surface area contributed by atoms with Crippen LogP contribution in [0.25, 0.3) is 0 Å². The molecule has 0 spiro atoms. The first-order valence-electron chi connectivity index (χ1n) is 6.83. The maximum absolute atomic E-state index is 12.8. The average molecular weight is 331 g/mol. The number of sulfonamides is 1. The number of hydrazine groups is 1. The first-order chi connectivity index (χ1) is 10.4. The Morgan fingerprint density at radius 1 is 1.36 bits per heavy atom. The topological polar surface area (TPSA) is 96.5 Å². The summed E-state index contributed by atoms with van der Waals surface area (Å²) in [7, 11) is -3.67. The molecular formula is C13H18FN3O4S. The van der Waals surface area contributed by atoms with E-state index in [9.17, 15) is 17.6 Å². The van der Waals surface area contributed by atoms with E-state index in [0.29, 0.717) is 5.56 Å². The van der Waals surface area contributed by atoms with Crippen molar-refractivity contribution >= 4 is 16.0 Å². The second-order valence-electron chi connectivity index (χ2n) is 4.81. The van der Waals surface area contributed by atoms with E-state index in [1.807, 2.05) is 0 Å². The van der Waals surface area contributed by atoms with Gasteiger partial charge < -0.3 is 4.74 Å². The summed E-state index contributed by atoms with van der Waals surface area (Å²) in [6.07, 6.45) is 0.0670. The maximum Gasteiger partial charge on any atom is 0.324 e. The monoisotopic (exact) mass is 331 g/mol. The lowest BCUT2D eigenvalue weighted by Crippen LogP contribution is -2.43. The number of halogens is 1. The van der Waals surface area contributed by atoms with Crippen LogP contribution in [0.15, 0.2) is 24.3 Å². The molecule has 1 aliphatic rings. The van der Waals surface area contributed by atoms with Crippen LogP contribution in [0.3, 0.4) is 0 Å². The molecule has 3 N–H and O–H groups in total. The Kier molecular flexibility index (Phi) is 5.46. The van der Waals surface area contributed by atoms with Gasteiger partial charge in [0, 0.05) is 13.0 Å². The molecule has 0 amide bonds. The Morgan fingerprint density at radius 3 is 2.68 bits per heavy atom. The van der Waals surface area contributed by atoms with Gasteiger partial charge in [-0.2, -0.15) is 0 Å². The van der Waals surface area contributed by atoms with Crippen LogP contribution in [0.1, 0.15) is 18.9 Å². The zero-order valence-electron chi connectivity index (χ0n) is 12.0. The second-order valence-corrected chi connectivity index (χ2v) is 6.76. The fourth-order valence-corrected chi connectivity index (χ4v) is 3.25. The Labute approximate surface area is 128 Å². The molecule has 0 aromatic heterocycles. The molecule has 1 fully saturated rings. The van der Waals surface area contributed by atoms with Gasteiger partial charge in [-0.1, -0.05) is 12.1 Å². The number of carbonyl (C=O) groups excluding carboxylic acids is 1. The third-order valence-electron chi connectivity index (χ3n) is 3.20. The normalized spacial score (nSPS) is 21.7. The van der Waals surface area contributed by atoms with Crippen molar-refractivity contribution < 1.29 is 22.3 Å². The zero-order chi connectivity index (χ0) is 16.2. The summed E-state index contributed by atoms with van der Waals surface area (Å²) in [4.78, 5) is 11.6. The third-order valence-corrected chi connectivity index (χ3v) is 4.81. The molecule has 2 atom stereocenters. The number of carbonyl (C=O) groups is 1. The van der Waals surface area contributed by atoms with Crippen molar-refractivity contribution in [3.8, 4) is 0 Å². The number of hydrogen-bond donors (Lipinski definition) is 3. The molecule has 0 aliphatic carbocycles. The molecule has 7 nitrogen and oxygen atoms in total. The molecule has 122 valence electrons. The van der Waals surface area contributed by atoms with E-state index in [4.69, 9.17) is 4.74 Å². The first kappa shape index (κ1) is 16.8. The van der Waals surface area contributed by atoms with Crippen molar-refractivity contribution in [2.45, 2.75) is 31.3 Å². The molecule has 22 heavy (non-hydrogen) atoms. The molecule has 1 aliphatic heterocycles. The van der Waals surface area contributed by atoms with Crippen LogP contribution in [0.4, 0.5) is 4.39 Å². The van der Waals surface area contributed by atoms with Gasteiger partial charge in [-0.3, -0.25) is 4.79 Å². The average Bonchev–Trinajstić information content (AvgIpc) is 2.98. The zero-order valence-corrected chi connectivity index (χ0v) is 12.8. The van der Waals surface area contributed by atoms with E-state index in [2.05, 4.69) is 15.6 Å². The standard InChI is InChI=1S/C13H18FN3O4S/c1-2-21-13(18)11-7-12(17-16-11)22(19,20)15-8-9-3-5-10(14)6-4-9/h3-6,11-12,15-17H,2,7-8H2,1H3. The summed E-state index contributed by atoms with van der Waals surface area (Å²) in [5.41, 5.74) is 5.82. The second kappa shape index (κ2) is 7.14. The molecule has 2 rings (SSSR count). The molecular weight excluding hydrogens is 313 g/mol. The summed E-state index contributed by atoms with van der Waals surface area (Å²) in [6.45, 7) is 1.96. The predicted molar refractivity (Wildman–Crippen MR) is 77.3 cm³/mol. The van der Waals surface area contributed by atoms with Crippen molar-refractivity contribution in [1.29, 1.82) is 0 Å². The number of rotatable bonds is 6. The lowest BCUT2D eigenvalue weighted by atomic mass is 10.2. The van der Waals surface area contributed by atoms with Crippen LogP contribution < -0.4 is 15.6 Å². The van der Waals surface area contributed by atoms with Gasteiger partial charge in [0.15, 0.2) is 0 Å². The highest BCUT2D eigenvalue weighted by atomic mass is 32.2. The van der Waals surface area contributed by atoms with Gasteiger partial charge in [-0.15, -0.1) is 0 Å². The minimum atomic E-state index is -3.67. The SMILES string of the molecule is CCOC(=O)C1CC(S(=O)(=O)NCc2ccc(F)cc2)NN1. The summed E-state index contributed by atoms with van der Waals surface area (Å²) >= 11 is 0. The Balaban J connectivity index is 1.91. The van der Waals surface area contributed by atoms with Crippen LogP contribution in [0, 0.1) is 5.82 Å². The highest BCUT2D eigenvalue weighted by molar-refractivity contribution is 7.90.